The van der Waals surface area contributed by atoms with Crippen LogP contribution in [0, 0.1) is 0 Å². The maximum atomic E-state index is 9.75. The summed E-state index contributed by atoms with van der Waals surface area (Å²) in [4.78, 5) is 0. The van der Waals surface area contributed by atoms with E-state index >= 15 is 0 Å². The fourth-order valence-electron chi connectivity index (χ4n) is 1.67. The summed E-state index contributed by atoms with van der Waals surface area (Å²) in [5, 5.41) is 13.0. The molecule has 0 saturated carbocycles. The highest BCUT2D eigenvalue weighted by Crippen LogP contribution is 2.13. The summed E-state index contributed by atoms with van der Waals surface area (Å²) in [5.74, 6) is 0.874. The van der Waals surface area contributed by atoms with Crippen LogP contribution in [0.1, 0.15) is 25.3 Å². The molecule has 1 aromatic carbocycles. The minimum atomic E-state index is -0.261. The molecule has 0 saturated heterocycles. The van der Waals surface area contributed by atoms with Gasteiger partial charge < -0.3 is 15.2 Å². The highest BCUT2D eigenvalue weighted by atomic mass is 16.5. The summed E-state index contributed by atoms with van der Waals surface area (Å²) in [6.45, 7) is 3.78. The van der Waals surface area contributed by atoms with Crippen molar-refractivity contribution in [1.82, 2.24) is 5.32 Å². The van der Waals surface area contributed by atoms with E-state index in [0.717, 1.165) is 31.6 Å². The monoisotopic (exact) mass is 237 g/mol. The van der Waals surface area contributed by atoms with Crippen molar-refractivity contribution >= 4 is 0 Å². The third kappa shape index (κ3) is 5.71. The molecule has 0 fully saturated rings. The van der Waals surface area contributed by atoms with Gasteiger partial charge in [-0.25, -0.2) is 0 Å². The first-order valence-corrected chi connectivity index (χ1v) is 6.28. The molecule has 0 bridgehead atoms. The number of aliphatic hydroxyl groups is 1. The summed E-state index contributed by atoms with van der Waals surface area (Å²) in [6, 6.07) is 8.00. The number of nitrogens with one attached hydrogen (secondary N) is 1. The minimum Gasteiger partial charge on any atom is -0.497 e. The third-order valence-electron chi connectivity index (χ3n) is 2.73. The summed E-state index contributed by atoms with van der Waals surface area (Å²) in [6.07, 6.45) is 2.54. The number of hydrogen-bond acceptors (Lipinski definition) is 3. The number of hydrogen-bond donors (Lipinski definition) is 2. The normalized spacial score (nSPS) is 12.4. The second-order valence-corrected chi connectivity index (χ2v) is 4.24. The van der Waals surface area contributed by atoms with E-state index in [1.54, 1.807) is 7.11 Å². The fourth-order valence-corrected chi connectivity index (χ4v) is 1.67. The second kappa shape index (κ2) is 8.09. The van der Waals surface area contributed by atoms with Gasteiger partial charge in [0.2, 0.25) is 0 Å². The van der Waals surface area contributed by atoms with Crippen molar-refractivity contribution in [3.63, 3.8) is 0 Å². The molecule has 0 radical (unpaired) electrons. The van der Waals surface area contributed by atoms with Crippen molar-refractivity contribution < 1.29 is 9.84 Å². The largest absolute Gasteiger partial charge is 0.497 e. The Morgan fingerprint density at radius 1 is 1.29 bits per heavy atom. The molecule has 3 nitrogen and oxygen atoms in total. The van der Waals surface area contributed by atoms with E-state index in [0.29, 0.717) is 6.54 Å². The van der Waals surface area contributed by atoms with E-state index < -0.39 is 0 Å². The Hall–Kier alpha value is -1.06. The van der Waals surface area contributed by atoms with Crippen LogP contribution in [0.4, 0.5) is 0 Å². The zero-order chi connectivity index (χ0) is 12.5. The molecule has 1 unspecified atom stereocenters. The van der Waals surface area contributed by atoms with Gasteiger partial charge in [0.05, 0.1) is 13.2 Å². The van der Waals surface area contributed by atoms with Gasteiger partial charge in [0.25, 0.3) is 0 Å². The van der Waals surface area contributed by atoms with Crippen LogP contribution in [0.25, 0.3) is 0 Å². The lowest BCUT2D eigenvalue weighted by Crippen LogP contribution is -2.27. The van der Waals surface area contributed by atoms with Crippen LogP contribution < -0.4 is 10.1 Å². The van der Waals surface area contributed by atoms with Gasteiger partial charge in [-0.2, -0.15) is 0 Å². The van der Waals surface area contributed by atoms with Gasteiger partial charge in [-0.1, -0.05) is 19.1 Å². The molecule has 1 atom stereocenters. The zero-order valence-electron chi connectivity index (χ0n) is 10.8. The van der Waals surface area contributed by atoms with Gasteiger partial charge in [-0.15, -0.1) is 0 Å². The van der Waals surface area contributed by atoms with Crippen LogP contribution in [-0.2, 0) is 6.42 Å². The van der Waals surface area contributed by atoms with Gasteiger partial charge in [0.15, 0.2) is 0 Å². The molecule has 0 spiro atoms. The van der Waals surface area contributed by atoms with Crippen LogP contribution >= 0.6 is 0 Å². The maximum absolute atomic E-state index is 9.75. The van der Waals surface area contributed by atoms with E-state index in [9.17, 15) is 5.11 Å². The molecule has 17 heavy (non-hydrogen) atoms. The van der Waals surface area contributed by atoms with E-state index in [1.807, 2.05) is 24.3 Å². The van der Waals surface area contributed by atoms with E-state index in [2.05, 4.69) is 12.2 Å². The zero-order valence-corrected chi connectivity index (χ0v) is 10.8. The second-order valence-electron chi connectivity index (χ2n) is 4.24. The van der Waals surface area contributed by atoms with Gasteiger partial charge in [0.1, 0.15) is 5.75 Å². The van der Waals surface area contributed by atoms with Crippen molar-refractivity contribution in [3.8, 4) is 5.75 Å². The number of benzene rings is 1. The molecule has 0 amide bonds. The van der Waals surface area contributed by atoms with Gasteiger partial charge in [-0.3, -0.25) is 0 Å². The Labute approximate surface area is 104 Å². The molecule has 0 aliphatic heterocycles. The Morgan fingerprint density at radius 2 is 2.00 bits per heavy atom. The molecular weight excluding hydrogens is 214 g/mol. The lowest BCUT2D eigenvalue weighted by atomic mass is 10.1. The maximum Gasteiger partial charge on any atom is 0.118 e. The Bertz CT molecular complexity index is 298. The van der Waals surface area contributed by atoms with E-state index in [-0.39, 0.29) is 6.10 Å². The number of aliphatic hydroxyl groups excluding tert-OH is 1. The lowest BCUT2D eigenvalue weighted by molar-refractivity contribution is 0.162. The molecule has 3 heteroatoms. The Kier molecular flexibility index (Phi) is 6.67. The molecular formula is C14H23NO2. The van der Waals surface area contributed by atoms with Gasteiger partial charge in [-0.05, 0) is 43.5 Å². The predicted molar refractivity (Wildman–Crippen MR) is 70.5 cm³/mol. The highest BCUT2D eigenvalue weighted by Gasteiger charge is 2.03. The summed E-state index contributed by atoms with van der Waals surface area (Å²) in [7, 11) is 1.66. The van der Waals surface area contributed by atoms with Crippen LogP contribution in [0.2, 0.25) is 0 Å². The Balaban J connectivity index is 2.24. The van der Waals surface area contributed by atoms with Crippen LogP contribution in [0.3, 0.4) is 0 Å². The fraction of sp³-hybridized carbons (Fsp3) is 0.571. The first kappa shape index (κ1) is 14.0. The summed E-state index contributed by atoms with van der Waals surface area (Å²) in [5.41, 5.74) is 1.24. The molecule has 0 aliphatic rings. The van der Waals surface area contributed by atoms with Crippen molar-refractivity contribution in [1.29, 1.82) is 0 Å². The molecule has 96 valence electrons. The van der Waals surface area contributed by atoms with Gasteiger partial charge >= 0.3 is 0 Å². The van der Waals surface area contributed by atoms with E-state index in [1.165, 1.54) is 5.56 Å². The average Bonchev–Trinajstić information content (AvgIpc) is 2.37. The highest BCUT2D eigenvalue weighted by molar-refractivity contribution is 5.27. The lowest BCUT2D eigenvalue weighted by Gasteiger charge is -2.11. The van der Waals surface area contributed by atoms with Crippen molar-refractivity contribution in [3.05, 3.63) is 29.8 Å². The standard InChI is InChI=1S/C14H23NO2/c1-3-10-15-11-13(16)7-4-12-5-8-14(17-2)9-6-12/h5-6,8-9,13,15-16H,3-4,7,10-11H2,1-2H3. The molecule has 0 aliphatic carbocycles. The number of rotatable bonds is 8. The molecule has 0 aromatic heterocycles. The number of methoxy groups -OCH3 is 1. The molecule has 2 N–H and O–H groups in total. The van der Waals surface area contributed by atoms with Crippen molar-refractivity contribution in [2.45, 2.75) is 32.3 Å². The molecule has 1 aromatic rings. The SMILES string of the molecule is CCCNCC(O)CCc1ccc(OC)cc1. The van der Waals surface area contributed by atoms with Crippen LogP contribution in [0.15, 0.2) is 24.3 Å². The third-order valence-corrected chi connectivity index (χ3v) is 2.73. The molecule has 1 rings (SSSR count). The van der Waals surface area contributed by atoms with E-state index in [4.69, 9.17) is 4.74 Å². The number of ether oxygens (including phenoxy) is 1. The van der Waals surface area contributed by atoms with Crippen LogP contribution in [-0.4, -0.2) is 31.4 Å². The first-order chi connectivity index (χ1) is 8.26. The topological polar surface area (TPSA) is 41.5 Å². The quantitative estimate of drug-likeness (QED) is 0.679. The smallest absolute Gasteiger partial charge is 0.118 e. The predicted octanol–water partition coefficient (Wildman–Crippen LogP) is 1.99. The number of aryl methyl sites for hydroxylation is 1. The Morgan fingerprint density at radius 3 is 2.59 bits per heavy atom. The molecule has 0 heterocycles. The summed E-state index contributed by atoms with van der Waals surface area (Å²) < 4.78 is 5.10. The summed E-state index contributed by atoms with van der Waals surface area (Å²) >= 11 is 0. The van der Waals surface area contributed by atoms with Crippen molar-refractivity contribution in [2.24, 2.45) is 0 Å². The van der Waals surface area contributed by atoms with Crippen molar-refractivity contribution in [2.75, 3.05) is 20.2 Å². The van der Waals surface area contributed by atoms with Crippen LogP contribution in [0.5, 0.6) is 5.75 Å². The first-order valence-electron chi connectivity index (χ1n) is 6.28. The van der Waals surface area contributed by atoms with Gasteiger partial charge in [0, 0.05) is 6.54 Å². The minimum absolute atomic E-state index is 0.261. The average molecular weight is 237 g/mol.